The third-order valence-corrected chi connectivity index (χ3v) is 10.2. The van der Waals surface area contributed by atoms with Crippen molar-refractivity contribution in [3.8, 4) is 0 Å². The SMILES string of the molecule is CCCCCCCCCCCCCCCCCCOCC(OCCCCCCCCCCCCCC)C(=O)N(C)CC(O)C(O)C(O)C(O)CO. The molecule has 0 saturated heterocycles. The van der Waals surface area contributed by atoms with Crippen molar-refractivity contribution in [1.29, 1.82) is 0 Å². The van der Waals surface area contributed by atoms with Crippen molar-refractivity contribution in [3.05, 3.63) is 0 Å². The van der Waals surface area contributed by atoms with Gasteiger partial charge in [0.05, 0.1) is 13.2 Å². The van der Waals surface area contributed by atoms with Crippen molar-refractivity contribution >= 4 is 5.91 Å². The van der Waals surface area contributed by atoms with Gasteiger partial charge in [-0.3, -0.25) is 4.79 Å². The van der Waals surface area contributed by atoms with Crippen LogP contribution in [0.1, 0.15) is 194 Å². The lowest BCUT2D eigenvalue weighted by Crippen LogP contribution is -2.51. The largest absolute Gasteiger partial charge is 0.394 e. The Hall–Kier alpha value is -0.810. The van der Waals surface area contributed by atoms with Crippen LogP contribution in [0.3, 0.4) is 0 Å². The number of ether oxygens (including phenoxy) is 2. The molecule has 1 amide bonds. The molecular formula is C42H85NO8. The van der Waals surface area contributed by atoms with Gasteiger partial charge in [0, 0.05) is 26.8 Å². The summed E-state index contributed by atoms with van der Waals surface area (Å²) in [7, 11) is 1.50. The number of unbranched alkanes of at least 4 members (excludes halogenated alkanes) is 26. The molecule has 9 nitrogen and oxygen atoms in total. The molecule has 0 aromatic heterocycles. The molecule has 0 heterocycles. The predicted molar refractivity (Wildman–Crippen MR) is 210 cm³/mol. The van der Waals surface area contributed by atoms with E-state index in [0.717, 1.165) is 32.1 Å². The lowest BCUT2D eigenvalue weighted by Gasteiger charge is -2.30. The van der Waals surface area contributed by atoms with Crippen LogP contribution in [0, 0.1) is 0 Å². The van der Waals surface area contributed by atoms with Crippen LogP contribution in [0.15, 0.2) is 0 Å². The van der Waals surface area contributed by atoms with E-state index in [9.17, 15) is 25.2 Å². The van der Waals surface area contributed by atoms with Crippen LogP contribution in [0.2, 0.25) is 0 Å². The minimum atomic E-state index is -1.74. The standard InChI is InChI=1S/C42H85NO8/c1-4-6-8-10-12-14-16-18-19-20-21-22-24-26-28-30-32-50-36-39(42(49)43(3)34-37(45)40(47)41(48)38(46)35-44)51-33-31-29-27-25-23-17-15-13-11-9-7-5-2/h37-41,44-48H,4-36H2,1-3H3. The molecule has 306 valence electrons. The summed E-state index contributed by atoms with van der Waals surface area (Å²) >= 11 is 0. The van der Waals surface area contributed by atoms with Crippen molar-refractivity contribution < 1.29 is 39.8 Å². The average molecular weight is 732 g/mol. The smallest absolute Gasteiger partial charge is 0.253 e. The molecule has 0 bridgehead atoms. The molecule has 0 spiro atoms. The monoisotopic (exact) mass is 732 g/mol. The van der Waals surface area contributed by atoms with Crippen LogP contribution in [-0.2, 0) is 14.3 Å². The molecule has 0 aromatic carbocycles. The molecule has 51 heavy (non-hydrogen) atoms. The van der Waals surface area contributed by atoms with Gasteiger partial charge in [0.25, 0.3) is 5.91 Å². The minimum Gasteiger partial charge on any atom is -0.394 e. The molecule has 0 saturated carbocycles. The number of hydrogen-bond donors (Lipinski definition) is 5. The Morgan fingerprint density at radius 1 is 0.510 bits per heavy atom. The molecule has 0 rings (SSSR count). The van der Waals surface area contributed by atoms with Gasteiger partial charge in [-0.15, -0.1) is 0 Å². The summed E-state index contributed by atoms with van der Waals surface area (Å²) in [5.41, 5.74) is 0. The lowest BCUT2D eigenvalue weighted by atomic mass is 10.0. The maximum Gasteiger partial charge on any atom is 0.253 e. The summed E-state index contributed by atoms with van der Waals surface area (Å²) in [6.45, 7) is 4.60. The highest BCUT2D eigenvalue weighted by atomic mass is 16.5. The van der Waals surface area contributed by atoms with Gasteiger partial charge in [-0.1, -0.05) is 181 Å². The van der Waals surface area contributed by atoms with Crippen LogP contribution < -0.4 is 0 Å². The van der Waals surface area contributed by atoms with E-state index in [-0.39, 0.29) is 19.1 Å². The topological polar surface area (TPSA) is 140 Å². The number of rotatable bonds is 40. The number of amides is 1. The number of nitrogens with zero attached hydrogens (tertiary/aromatic N) is 1. The van der Waals surface area contributed by atoms with E-state index in [1.807, 2.05) is 0 Å². The van der Waals surface area contributed by atoms with E-state index in [4.69, 9.17) is 14.6 Å². The van der Waals surface area contributed by atoms with Crippen LogP contribution in [0.4, 0.5) is 0 Å². The third kappa shape index (κ3) is 30.2. The van der Waals surface area contributed by atoms with Crippen LogP contribution in [0.25, 0.3) is 0 Å². The number of likely N-dealkylation sites (N-methyl/N-ethyl adjacent to an activating group) is 1. The lowest BCUT2D eigenvalue weighted by molar-refractivity contribution is -0.152. The van der Waals surface area contributed by atoms with Gasteiger partial charge in [-0.25, -0.2) is 0 Å². The van der Waals surface area contributed by atoms with E-state index in [1.165, 1.54) is 160 Å². The first-order valence-corrected chi connectivity index (χ1v) is 21.6. The summed E-state index contributed by atoms with van der Waals surface area (Å²) in [5, 5.41) is 49.2. The maximum absolute atomic E-state index is 13.3. The van der Waals surface area contributed by atoms with Gasteiger partial charge in [0.1, 0.15) is 24.4 Å². The molecule has 0 fully saturated rings. The molecule has 5 unspecified atom stereocenters. The highest BCUT2D eigenvalue weighted by molar-refractivity contribution is 5.80. The zero-order valence-corrected chi connectivity index (χ0v) is 33.6. The number of hydrogen-bond acceptors (Lipinski definition) is 8. The molecular weight excluding hydrogens is 646 g/mol. The Kier molecular flexibility index (Phi) is 36.9. The zero-order valence-electron chi connectivity index (χ0n) is 33.6. The van der Waals surface area contributed by atoms with Gasteiger partial charge in [0.15, 0.2) is 6.10 Å². The Labute approximate surface area is 314 Å². The number of carbonyl (C=O) groups is 1. The molecule has 5 N–H and O–H groups in total. The van der Waals surface area contributed by atoms with Crippen molar-refractivity contribution in [2.75, 3.05) is 40.0 Å². The highest BCUT2D eigenvalue weighted by Crippen LogP contribution is 2.15. The van der Waals surface area contributed by atoms with E-state index in [2.05, 4.69) is 13.8 Å². The molecule has 9 heteroatoms. The Bertz CT molecular complexity index is 729. The van der Waals surface area contributed by atoms with Crippen LogP contribution in [0.5, 0.6) is 0 Å². The summed E-state index contributed by atoms with van der Waals surface area (Å²) in [4.78, 5) is 14.6. The zero-order chi connectivity index (χ0) is 37.8. The fourth-order valence-corrected chi connectivity index (χ4v) is 6.59. The second-order valence-electron chi connectivity index (χ2n) is 15.1. The summed E-state index contributed by atoms with van der Waals surface area (Å²) in [5.74, 6) is -0.371. The Morgan fingerprint density at radius 2 is 0.843 bits per heavy atom. The maximum atomic E-state index is 13.3. The van der Waals surface area contributed by atoms with Gasteiger partial charge >= 0.3 is 0 Å². The molecule has 0 aliphatic rings. The first-order chi connectivity index (χ1) is 24.8. The number of aliphatic hydroxyl groups excluding tert-OH is 5. The number of aliphatic hydroxyl groups is 5. The van der Waals surface area contributed by atoms with Crippen LogP contribution >= 0.6 is 0 Å². The van der Waals surface area contributed by atoms with Crippen molar-refractivity contribution in [3.63, 3.8) is 0 Å². The number of carbonyl (C=O) groups excluding carboxylic acids is 1. The fraction of sp³-hybridized carbons (Fsp3) is 0.976. The van der Waals surface area contributed by atoms with Gasteiger partial charge in [-0.05, 0) is 12.8 Å². The predicted octanol–water partition coefficient (Wildman–Crippen LogP) is 8.25. The van der Waals surface area contributed by atoms with E-state index in [1.54, 1.807) is 0 Å². The Morgan fingerprint density at radius 3 is 1.22 bits per heavy atom. The Balaban J connectivity index is 4.36. The van der Waals surface area contributed by atoms with E-state index < -0.39 is 37.1 Å². The second-order valence-corrected chi connectivity index (χ2v) is 15.1. The van der Waals surface area contributed by atoms with Gasteiger partial charge in [-0.2, -0.15) is 0 Å². The van der Waals surface area contributed by atoms with E-state index in [0.29, 0.717) is 13.2 Å². The first kappa shape index (κ1) is 50.2. The van der Waals surface area contributed by atoms with Crippen LogP contribution in [-0.4, -0.2) is 107 Å². The molecule has 5 atom stereocenters. The molecule has 0 radical (unpaired) electrons. The van der Waals surface area contributed by atoms with E-state index >= 15 is 0 Å². The summed E-state index contributed by atoms with van der Waals surface area (Å²) < 4.78 is 11.9. The second kappa shape index (κ2) is 37.5. The van der Waals surface area contributed by atoms with Crippen molar-refractivity contribution in [1.82, 2.24) is 4.90 Å². The average Bonchev–Trinajstić information content (AvgIpc) is 3.13. The normalized spacial score (nSPS) is 14.7. The highest BCUT2D eigenvalue weighted by Gasteiger charge is 2.32. The van der Waals surface area contributed by atoms with Crippen molar-refractivity contribution in [2.24, 2.45) is 0 Å². The molecule has 0 aliphatic heterocycles. The quantitative estimate of drug-likeness (QED) is 0.0397. The van der Waals surface area contributed by atoms with Gasteiger partial charge in [0.2, 0.25) is 0 Å². The third-order valence-electron chi connectivity index (χ3n) is 10.2. The molecule has 0 aromatic rings. The van der Waals surface area contributed by atoms with Gasteiger partial charge < -0.3 is 39.9 Å². The minimum absolute atomic E-state index is 0.116. The summed E-state index contributed by atoms with van der Waals surface area (Å²) in [6.07, 6.45) is 28.4. The first-order valence-electron chi connectivity index (χ1n) is 21.6. The summed E-state index contributed by atoms with van der Waals surface area (Å²) in [6, 6.07) is 0. The fourth-order valence-electron chi connectivity index (χ4n) is 6.59. The molecule has 0 aliphatic carbocycles. The van der Waals surface area contributed by atoms with Crippen molar-refractivity contribution in [2.45, 2.75) is 224 Å².